The maximum Gasteiger partial charge on any atom is 0.412 e. The molecule has 0 aliphatic heterocycles. The Morgan fingerprint density at radius 1 is 1.00 bits per heavy atom. The molecule has 0 saturated carbocycles. The fourth-order valence-electron chi connectivity index (χ4n) is 1.81. The van der Waals surface area contributed by atoms with Gasteiger partial charge in [0.25, 0.3) is 0 Å². The predicted octanol–water partition coefficient (Wildman–Crippen LogP) is 3.99. The molecule has 1 amide bonds. The van der Waals surface area contributed by atoms with Gasteiger partial charge in [0.2, 0.25) is 0 Å². The molecule has 2 aromatic carbocycles. The van der Waals surface area contributed by atoms with Crippen LogP contribution >= 0.6 is 0 Å². The van der Waals surface area contributed by atoms with Crippen molar-refractivity contribution in [3.8, 4) is 11.5 Å². The zero-order chi connectivity index (χ0) is 17.0. The number of ether oxygens (including phenoxy) is 2. The topological polar surface area (TPSA) is 99.6 Å². The lowest BCUT2D eigenvalue weighted by atomic mass is 10.2. The van der Waals surface area contributed by atoms with E-state index in [-0.39, 0.29) is 0 Å². The molecule has 6 heteroatoms. The second-order valence-corrected chi connectivity index (χ2v) is 6.05. The second kappa shape index (κ2) is 6.48. The van der Waals surface area contributed by atoms with Gasteiger partial charge in [-0.05, 0) is 45.0 Å². The summed E-state index contributed by atoms with van der Waals surface area (Å²) in [7, 11) is 0. The van der Waals surface area contributed by atoms with Gasteiger partial charge in [-0.25, -0.2) is 4.79 Å². The molecule has 0 unspecified atom stereocenters. The average Bonchev–Trinajstić information content (AvgIpc) is 2.41. The molecule has 2 rings (SSSR count). The third-order valence-electron chi connectivity index (χ3n) is 2.77. The number of nitrogens with two attached hydrogens (primary N) is 2. The predicted molar refractivity (Wildman–Crippen MR) is 91.6 cm³/mol. The molecular formula is C17H21N3O3. The van der Waals surface area contributed by atoms with Crippen LogP contribution in [0.2, 0.25) is 0 Å². The van der Waals surface area contributed by atoms with Gasteiger partial charge in [0.1, 0.15) is 17.1 Å². The summed E-state index contributed by atoms with van der Waals surface area (Å²) in [5.41, 5.74) is 12.4. The van der Waals surface area contributed by atoms with Crippen LogP contribution in [0.5, 0.6) is 11.5 Å². The van der Waals surface area contributed by atoms with Crippen molar-refractivity contribution in [1.29, 1.82) is 0 Å². The Kier molecular flexibility index (Phi) is 4.64. The highest BCUT2D eigenvalue weighted by molar-refractivity contribution is 5.85. The van der Waals surface area contributed by atoms with Gasteiger partial charge in [-0.1, -0.05) is 6.07 Å². The summed E-state index contributed by atoms with van der Waals surface area (Å²) in [6, 6.07) is 12.0. The van der Waals surface area contributed by atoms with Gasteiger partial charge in [-0.3, -0.25) is 5.32 Å². The molecule has 122 valence electrons. The molecule has 23 heavy (non-hydrogen) atoms. The molecule has 2 aromatic rings. The summed E-state index contributed by atoms with van der Waals surface area (Å²) in [5, 5.41) is 2.66. The van der Waals surface area contributed by atoms with E-state index in [1.54, 1.807) is 63.2 Å². The van der Waals surface area contributed by atoms with Gasteiger partial charge in [0.15, 0.2) is 0 Å². The van der Waals surface area contributed by atoms with Gasteiger partial charge in [0, 0.05) is 17.8 Å². The number of benzene rings is 2. The maximum atomic E-state index is 11.8. The first-order valence-corrected chi connectivity index (χ1v) is 7.16. The van der Waals surface area contributed by atoms with Crippen LogP contribution in [0.3, 0.4) is 0 Å². The van der Waals surface area contributed by atoms with E-state index in [9.17, 15) is 4.79 Å². The molecule has 0 aromatic heterocycles. The van der Waals surface area contributed by atoms with Crippen molar-refractivity contribution >= 4 is 23.2 Å². The Morgan fingerprint density at radius 3 is 2.35 bits per heavy atom. The van der Waals surface area contributed by atoms with Gasteiger partial charge >= 0.3 is 6.09 Å². The van der Waals surface area contributed by atoms with E-state index in [0.717, 1.165) is 0 Å². The fraction of sp³-hybridized carbons (Fsp3) is 0.235. The van der Waals surface area contributed by atoms with Crippen molar-refractivity contribution < 1.29 is 14.3 Å². The van der Waals surface area contributed by atoms with Crippen LogP contribution in [0, 0.1) is 0 Å². The zero-order valence-corrected chi connectivity index (χ0v) is 13.4. The highest BCUT2D eigenvalue weighted by atomic mass is 16.6. The van der Waals surface area contributed by atoms with Crippen molar-refractivity contribution in [2.45, 2.75) is 26.4 Å². The van der Waals surface area contributed by atoms with Crippen LogP contribution in [-0.4, -0.2) is 11.7 Å². The van der Waals surface area contributed by atoms with Crippen molar-refractivity contribution in [3.63, 3.8) is 0 Å². The SMILES string of the molecule is CC(C)(C)OC(=O)Nc1cccc(Oc2ccc(N)c(N)c2)c1. The molecule has 5 N–H and O–H groups in total. The Balaban J connectivity index is 2.07. The van der Waals surface area contributed by atoms with Crippen LogP contribution in [0.15, 0.2) is 42.5 Å². The number of hydrogen-bond acceptors (Lipinski definition) is 5. The van der Waals surface area contributed by atoms with E-state index < -0.39 is 11.7 Å². The summed E-state index contributed by atoms with van der Waals surface area (Å²) in [6.45, 7) is 5.41. The van der Waals surface area contributed by atoms with E-state index >= 15 is 0 Å². The zero-order valence-electron chi connectivity index (χ0n) is 13.4. The minimum Gasteiger partial charge on any atom is -0.457 e. The first kappa shape index (κ1) is 16.5. The highest BCUT2D eigenvalue weighted by Gasteiger charge is 2.16. The van der Waals surface area contributed by atoms with E-state index in [1.165, 1.54) is 0 Å². The molecule has 0 aliphatic carbocycles. The maximum absolute atomic E-state index is 11.8. The standard InChI is InChI=1S/C17H21N3O3/c1-17(2,3)23-16(21)20-11-5-4-6-12(9-11)22-13-7-8-14(18)15(19)10-13/h4-10H,18-19H2,1-3H3,(H,20,21). The third kappa shape index (κ3) is 5.10. The monoisotopic (exact) mass is 315 g/mol. The van der Waals surface area contributed by atoms with Crippen molar-refractivity contribution in [1.82, 2.24) is 0 Å². The molecule has 0 heterocycles. The van der Waals surface area contributed by atoms with Crippen molar-refractivity contribution in [2.24, 2.45) is 0 Å². The molecule has 6 nitrogen and oxygen atoms in total. The Bertz CT molecular complexity index is 708. The number of carbonyl (C=O) groups excluding carboxylic acids is 1. The molecule has 0 radical (unpaired) electrons. The van der Waals surface area contributed by atoms with Crippen LogP contribution < -0.4 is 21.5 Å². The lowest BCUT2D eigenvalue weighted by Gasteiger charge is -2.19. The molecule has 0 bridgehead atoms. The van der Waals surface area contributed by atoms with E-state index in [4.69, 9.17) is 20.9 Å². The van der Waals surface area contributed by atoms with Crippen molar-refractivity contribution in [2.75, 3.05) is 16.8 Å². The third-order valence-corrected chi connectivity index (χ3v) is 2.77. The Hall–Kier alpha value is -2.89. The van der Waals surface area contributed by atoms with Crippen LogP contribution in [0.25, 0.3) is 0 Å². The minimum atomic E-state index is -0.556. The van der Waals surface area contributed by atoms with Crippen LogP contribution in [0.1, 0.15) is 20.8 Å². The average molecular weight is 315 g/mol. The van der Waals surface area contributed by atoms with Crippen LogP contribution in [0.4, 0.5) is 21.9 Å². The number of amides is 1. The summed E-state index contributed by atoms with van der Waals surface area (Å²) >= 11 is 0. The minimum absolute atomic E-state index is 0.450. The fourth-order valence-corrected chi connectivity index (χ4v) is 1.81. The van der Waals surface area contributed by atoms with E-state index in [2.05, 4.69) is 5.32 Å². The lowest BCUT2D eigenvalue weighted by Crippen LogP contribution is -2.27. The quantitative estimate of drug-likeness (QED) is 0.744. The van der Waals surface area contributed by atoms with Crippen LogP contribution in [-0.2, 0) is 4.74 Å². The largest absolute Gasteiger partial charge is 0.457 e. The number of rotatable bonds is 3. The van der Waals surface area contributed by atoms with E-state index in [0.29, 0.717) is 28.6 Å². The molecule has 0 fully saturated rings. The summed E-state index contributed by atoms with van der Waals surface area (Å²) < 4.78 is 10.9. The summed E-state index contributed by atoms with van der Waals surface area (Å²) in [5.74, 6) is 1.12. The first-order chi connectivity index (χ1) is 10.7. The number of carbonyl (C=O) groups is 1. The molecule has 0 atom stereocenters. The lowest BCUT2D eigenvalue weighted by molar-refractivity contribution is 0.0636. The number of nitrogens with one attached hydrogen (secondary N) is 1. The number of nitrogen functional groups attached to an aromatic ring is 2. The molecular weight excluding hydrogens is 294 g/mol. The Morgan fingerprint density at radius 2 is 1.70 bits per heavy atom. The smallest absolute Gasteiger partial charge is 0.412 e. The summed E-state index contributed by atoms with van der Waals surface area (Å²) in [4.78, 5) is 11.8. The van der Waals surface area contributed by atoms with Gasteiger partial charge < -0.3 is 20.9 Å². The van der Waals surface area contributed by atoms with Crippen molar-refractivity contribution in [3.05, 3.63) is 42.5 Å². The normalized spacial score (nSPS) is 10.9. The number of hydrogen-bond donors (Lipinski definition) is 3. The van der Waals surface area contributed by atoms with E-state index in [1.807, 2.05) is 0 Å². The summed E-state index contributed by atoms with van der Waals surface area (Å²) in [6.07, 6.45) is -0.522. The van der Waals surface area contributed by atoms with Gasteiger partial charge in [-0.15, -0.1) is 0 Å². The number of anilines is 3. The second-order valence-electron chi connectivity index (χ2n) is 6.05. The highest BCUT2D eigenvalue weighted by Crippen LogP contribution is 2.28. The Labute approximate surface area is 135 Å². The van der Waals surface area contributed by atoms with Gasteiger partial charge in [-0.2, -0.15) is 0 Å². The molecule has 0 saturated heterocycles. The molecule has 0 aliphatic rings. The first-order valence-electron chi connectivity index (χ1n) is 7.16. The molecule has 0 spiro atoms. The van der Waals surface area contributed by atoms with Gasteiger partial charge in [0.05, 0.1) is 11.4 Å².